The van der Waals surface area contributed by atoms with Gasteiger partial charge in [-0.1, -0.05) is 17.7 Å². The Morgan fingerprint density at radius 1 is 1.35 bits per heavy atom. The van der Waals surface area contributed by atoms with E-state index in [1.54, 1.807) is 19.1 Å². The van der Waals surface area contributed by atoms with Crippen LogP contribution in [0.1, 0.15) is 12.5 Å². The Morgan fingerprint density at radius 3 is 2.47 bits per heavy atom. The zero-order valence-electron chi connectivity index (χ0n) is 9.39. The van der Waals surface area contributed by atoms with E-state index < -0.39 is 12.7 Å². The number of nitrogens with zero attached hydrogens (tertiary/aromatic N) is 1. The van der Waals surface area contributed by atoms with Crippen LogP contribution in [0.4, 0.5) is 18.9 Å². The molecule has 0 bridgehead atoms. The number of hydrogen-bond acceptors (Lipinski definition) is 2. The van der Waals surface area contributed by atoms with Crippen molar-refractivity contribution in [3.8, 4) is 0 Å². The summed E-state index contributed by atoms with van der Waals surface area (Å²) in [5, 5.41) is 0.401. The molecule has 0 aromatic heterocycles. The highest BCUT2D eigenvalue weighted by molar-refractivity contribution is 6.30. The Morgan fingerprint density at radius 2 is 2.00 bits per heavy atom. The van der Waals surface area contributed by atoms with Gasteiger partial charge in [-0.15, -0.1) is 0 Å². The SMILES string of the molecule is CCN(CC(F)(F)F)c1cc(Cl)ccc1CN. The molecule has 0 radical (unpaired) electrons. The predicted octanol–water partition coefficient (Wildman–Crippen LogP) is 3.19. The summed E-state index contributed by atoms with van der Waals surface area (Å²) in [4.78, 5) is 1.22. The molecule has 1 aromatic carbocycles. The van der Waals surface area contributed by atoms with E-state index in [-0.39, 0.29) is 13.1 Å². The predicted molar refractivity (Wildman–Crippen MR) is 63.3 cm³/mol. The fraction of sp³-hybridized carbons (Fsp3) is 0.455. The molecule has 6 heteroatoms. The van der Waals surface area contributed by atoms with Crippen LogP contribution in [-0.4, -0.2) is 19.3 Å². The third kappa shape index (κ3) is 4.09. The number of nitrogens with two attached hydrogens (primary N) is 1. The number of alkyl halides is 3. The maximum absolute atomic E-state index is 12.4. The van der Waals surface area contributed by atoms with Crippen molar-refractivity contribution >= 4 is 17.3 Å². The number of halogens is 4. The van der Waals surface area contributed by atoms with Crippen molar-refractivity contribution in [2.24, 2.45) is 5.73 Å². The molecule has 0 atom stereocenters. The Hall–Kier alpha value is -0.940. The normalized spacial score (nSPS) is 11.6. The van der Waals surface area contributed by atoms with E-state index >= 15 is 0 Å². The lowest BCUT2D eigenvalue weighted by atomic mass is 10.1. The molecule has 96 valence electrons. The van der Waals surface area contributed by atoms with Crippen molar-refractivity contribution in [3.63, 3.8) is 0 Å². The maximum Gasteiger partial charge on any atom is 0.405 e. The van der Waals surface area contributed by atoms with Gasteiger partial charge >= 0.3 is 6.18 Å². The summed E-state index contributed by atoms with van der Waals surface area (Å²) in [7, 11) is 0. The number of rotatable bonds is 4. The van der Waals surface area contributed by atoms with Crippen molar-refractivity contribution in [1.82, 2.24) is 0 Å². The van der Waals surface area contributed by atoms with E-state index in [1.807, 2.05) is 0 Å². The second kappa shape index (κ2) is 5.60. The highest BCUT2D eigenvalue weighted by atomic mass is 35.5. The van der Waals surface area contributed by atoms with Gasteiger partial charge in [-0.05, 0) is 24.6 Å². The highest BCUT2D eigenvalue weighted by Gasteiger charge is 2.30. The van der Waals surface area contributed by atoms with Gasteiger partial charge in [0.15, 0.2) is 0 Å². The van der Waals surface area contributed by atoms with E-state index in [0.717, 1.165) is 0 Å². The van der Waals surface area contributed by atoms with Crippen molar-refractivity contribution < 1.29 is 13.2 Å². The van der Waals surface area contributed by atoms with Crippen molar-refractivity contribution in [2.45, 2.75) is 19.6 Å². The topological polar surface area (TPSA) is 29.3 Å². The number of benzene rings is 1. The van der Waals surface area contributed by atoms with Crippen molar-refractivity contribution in [2.75, 3.05) is 18.0 Å². The molecular weight excluding hydrogens is 253 g/mol. The zero-order valence-corrected chi connectivity index (χ0v) is 10.1. The smallest absolute Gasteiger partial charge is 0.363 e. The lowest BCUT2D eigenvalue weighted by Gasteiger charge is -2.26. The van der Waals surface area contributed by atoms with E-state index in [4.69, 9.17) is 17.3 Å². The summed E-state index contributed by atoms with van der Waals surface area (Å²) in [6.45, 7) is 1.08. The number of anilines is 1. The van der Waals surface area contributed by atoms with Crippen LogP contribution in [0.3, 0.4) is 0 Å². The molecule has 1 rings (SSSR count). The molecule has 0 aliphatic carbocycles. The van der Waals surface area contributed by atoms with Crippen LogP contribution in [0.15, 0.2) is 18.2 Å². The van der Waals surface area contributed by atoms with Crippen LogP contribution in [0.5, 0.6) is 0 Å². The molecule has 0 aliphatic rings. The van der Waals surface area contributed by atoms with E-state index in [2.05, 4.69) is 0 Å². The van der Waals surface area contributed by atoms with Gasteiger partial charge in [0.25, 0.3) is 0 Å². The molecule has 0 aliphatic heterocycles. The third-order valence-corrected chi connectivity index (χ3v) is 2.59. The molecule has 17 heavy (non-hydrogen) atoms. The lowest BCUT2D eigenvalue weighted by Crippen LogP contribution is -2.34. The summed E-state index contributed by atoms with van der Waals surface area (Å²) >= 11 is 5.80. The molecule has 0 saturated carbocycles. The first kappa shape index (κ1) is 14.1. The Bertz CT molecular complexity index is 379. The molecule has 0 unspecified atom stereocenters. The molecule has 0 saturated heterocycles. The van der Waals surface area contributed by atoms with Gasteiger partial charge in [-0.2, -0.15) is 13.2 Å². The van der Waals surface area contributed by atoms with Crippen LogP contribution < -0.4 is 10.6 Å². The van der Waals surface area contributed by atoms with Gasteiger partial charge in [0.1, 0.15) is 6.54 Å². The highest BCUT2D eigenvalue weighted by Crippen LogP contribution is 2.27. The van der Waals surface area contributed by atoms with Gasteiger partial charge in [-0.25, -0.2) is 0 Å². The molecule has 2 N–H and O–H groups in total. The molecule has 2 nitrogen and oxygen atoms in total. The van der Waals surface area contributed by atoms with Crippen molar-refractivity contribution in [3.05, 3.63) is 28.8 Å². The Labute approximate surface area is 103 Å². The van der Waals surface area contributed by atoms with Gasteiger partial charge in [-0.3, -0.25) is 0 Å². The van der Waals surface area contributed by atoms with Gasteiger partial charge in [0.05, 0.1) is 0 Å². The summed E-state index contributed by atoms with van der Waals surface area (Å²) in [5.74, 6) is 0. The first-order valence-corrected chi connectivity index (χ1v) is 5.55. The Kier molecular flexibility index (Phi) is 4.65. The van der Waals surface area contributed by atoms with Crippen molar-refractivity contribution in [1.29, 1.82) is 0 Å². The quantitative estimate of drug-likeness (QED) is 0.907. The monoisotopic (exact) mass is 266 g/mol. The molecule has 0 spiro atoms. The average molecular weight is 267 g/mol. The summed E-state index contributed by atoms with van der Waals surface area (Å²) < 4.78 is 37.2. The van der Waals surface area contributed by atoms with Gasteiger partial charge < -0.3 is 10.6 Å². The van der Waals surface area contributed by atoms with Crippen LogP contribution in [-0.2, 0) is 6.54 Å². The van der Waals surface area contributed by atoms with E-state index in [9.17, 15) is 13.2 Å². The minimum absolute atomic E-state index is 0.181. The average Bonchev–Trinajstić information content (AvgIpc) is 2.24. The zero-order chi connectivity index (χ0) is 13.1. The van der Waals surface area contributed by atoms with Gasteiger partial charge in [0, 0.05) is 23.8 Å². The van der Waals surface area contributed by atoms with Crippen LogP contribution >= 0.6 is 11.6 Å². The number of hydrogen-bond donors (Lipinski definition) is 1. The largest absolute Gasteiger partial charge is 0.405 e. The third-order valence-electron chi connectivity index (χ3n) is 2.36. The van der Waals surface area contributed by atoms with Crippen LogP contribution in [0, 0.1) is 0 Å². The molecule has 0 amide bonds. The van der Waals surface area contributed by atoms with Gasteiger partial charge in [0.2, 0.25) is 0 Å². The first-order chi connectivity index (χ1) is 7.87. The summed E-state index contributed by atoms with van der Waals surface area (Å²) in [6, 6.07) is 4.78. The fourth-order valence-corrected chi connectivity index (χ4v) is 1.75. The fourth-order valence-electron chi connectivity index (χ4n) is 1.59. The molecule has 0 fully saturated rings. The maximum atomic E-state index is 12.4. The first-order valence-electron chi connectivity index (χ1n) is 5.17. The minimum atomic E-state index is -4.25. The minimum Gasteiger partial charge on any atom is -0.363 e. The van der Waals surface area contributed by atoms with Crippen LogP contribution in [0.25, 0.3) is 0 Å². The van der Waals surface area contributed by atoms with Crippen LogP contribution in [0.2, 0.25) is 5.02 Å². The Balaban J connectivity index is 3.06. The second-order valence-corrected chi connectivity index (χ2v) is 4.04. The molecule has 0 heterocycles. The standard InChI is InChI=1S/C11H14ClF3N2/c1-2-17(7-11(13,14)15)10-5-9(12)4-3-8(10)6-16/h3-5H,2,6-7,16H2,1H3. The van der Waals surface area contributed by atoms with E-state index in [1.165, 1.54) is 11.0 Å². The molecular formula is C11H14ClF3N2. The summed E-state index contributed by atoms with van der Waals surface area (Å²) in [5.41, 5.74) is 6.60. The summed E-state index contributed by atoms with van der Waals surface area (Å²) in [6.07, 6.45) is -4.25. The lowest BCUT2D eigenvalue weighted by molar-refractivity contribution is -0.119. The molecule has 1 aromatic rings. The van der Waals surface area contributed by atoms with E-state index in [0.29, 0.717) is 16.3 Å². The second-order valence-electron chi connectivity index (χ2n) is 3.61.